The van der Waals surface area contributed by atoms with Gasteiger partial charge in [0.2, 0.25) is 5.91 Å². The number of carbonyl (C=O) groups excluding carboxylic acids is 3. The van der Waals surface area contributed by atoms with Gasteiger partial charge in [-0.05, 0) is 49.1 Å². The third kappa shape index (κ3) is 8.26. The van der Waals surface area contributed by atoms with E-state index >= 15 is 0 Å². The van der Waals surface area contributed by atoms with Crippen molar-refractivity contribution in [3.63, 3.8) is 0 Å². The number of rotatable bonds is 11. The Morgan fingerprint density at radius 2 is 1.85 bits per heavy atom. The molecule has 3 rings (SSSR count). The van der Waals surface area contributed by atoms with E-state index in [1.165, 1.54) is 59.1 Å². The molecule has 1 aromatic carbocycles. The standard InChI is InChI=1S/C29H37FN6O5/c1-19(2)17-36-22(16-20-15-21(30)11-12-23(20)36)18-35-14-13-31-26(28(35)39)32-27(38)24(41-29(40)34(5)6)9-7-8-10-25(37)33(3)4/h8,10-16,19,24H,7,9,17-18H2,1-6H3,(H,31,32,38)/b10-8+. The molecule has 12 heteroatoms. The van der Waals surface area contributed by atoms with Crippen molar-refractivity contribution >= 4 is 34.6 Å². The average Bonchev–Trinajstić information content (AvgIpc) is 3.22. The summed E-state index contributed by atoms with van der Waals surface area (Å²) in [6, 6.07) is 6.43. The molecule has 0 saturated carbocycles. The maximum absolute atomic E-state index is 13.9. The lowest BCUT2D eigenvalue weighted by Crippen LogP contribution is -2.38. The number of fused-ring (bicyclic) bond motifs is 1. The Hall–Kier alpha value is -4.48. The van der Waals surface area contributed by atoms with E-state index in [1.54, 1.807) is 26.2 Å². The second-order valence-electron chi connectivity index (χ2n) is 10.5. The molecule has 0 aliphatic heterocycles. The van der Waals surface area contributed by atoms with Crippen LogP contribution < -0.4 is 10.9 Å². The minimum Gasteiger partial charge on any atom is -0.436 e. The molecule has 0 fully saturated rings. The van der Waals surface area contributed by atoms with E-state index in [0.717, 1.165) is 16.6 Å². The van der Waals surface area contributed by atoms with E-state index in [0.29, 0.717) is 12.5 Å². The number of anilines is 1. The summed E-state index contributed by atoms with van der Waals surface area (Å²) in [6.07, 6.45) is 4.24. The Balaban J connectivity index is 1.83. The fraction of sp³-hybridized carbons (Fsp3) is 0.414. The largest absolute Gasteiger partial charge is 0.436 e. The topological polar surface area (TPSA) is 119 Å². The van der Waals surface area contributed by atoms with Crippen LogP contribution in [-0.4, -0.2) is 76.1 Å². The summed E-state index contributed by atoms with van der Waals surface area (Å²) in [5.41, 5.74) is 1.10. The fourth-order valence-electron chi connectivity index (χ4n) is 4.09. The minimum absolute atomic E-state index is 0.0789. The van der Waals surface area contributed by atoms with Crippen LogP contribution in [0.25, 0.3) is 10.9 Å². The molecule has 3 amide bonds. The van der Waals surface area contributed by atoms with Crippen molar-refractivity contribution in [2.75, 3.05) is 33.5 Å². The molecule has 0 saturated heterocycles. The SMILES string of the molecule is CC(C)Cn1c(Cn2ccnc(NC(=O)C(CC/C=C/C(=O)N(C)C)OC(=O)N(C)C)c2=O)cc2cc(F)ccc21. The summed E-state index contributed by atoms with van der Waals surface area (Å²) >= 11 is 0. The number of ether oxygens (including phenoxy) is 1. The molecule has 1 atom stereocenters. The van der Waals surface area contributed by atoms with E-state index in [4.69, 9.17) is 4.74 Å². The van der Waals surface area contributed by atoms with Crippen molar-refractivity contribution in [3.8, 4) is 0 Å². The third-order valence-electron chi connectivity index (χ3n) is 6.18. The van der Waals surface area contributed by atoms with Crippen LogP contribution in [0.5, 0.6) is 0 Å². The Labute approximate surface area is 238 Å². The van der Waals surface area contributed by atoms with E-state index in [2.05, 4.69) is 28.7 Å². The number of nitrogens with one attached hydrogen (secondary N) is 1. The summed E-state index contributed by atoms with van der Waals surface area (Å²) in [6.45, 7) is 4.97. The first-order valence-electron chi connectivity index (χ1n) is 13.3. The van der Waals surface area contributed by atoms with Crippen LogP contribution in [-0.2, 0) is 27.4 Å². The highest BCUT2D eigenvalue weighted by Gasteiger charge is 2.25. The first-order chi connectivity index (χ1) is 19.4. The van der Waals surface area contributed by atoms with Crippen molar-refractivity contribution < 1.29 is 23.5 Å². The summed E-state index contributed by atoms with van der Waals surface area (Å²) < 4.78 is 22.7. The molecule has 2 heterocycles. The van der Waals surface area contributed by atoms with Crippen molar-refractivity contribution in [3.05, 3.63) is 70.7 Å². The monoisotopic (exact) mass is 568 g/mol. The van der Waals surface area contributed by atoms with Gasteiger partial charge in [0.25, 0.3) is 11.5 Å². The number of benzene rings is 1. The van der Waals surface area contributed by atoms with Crippen LogP contribution in [0.1, 0.15) is 32.4 Å². The molecule has 1 N–H and O–H groups in total. The maximum Gasteiger partial charge on any atom is 0.410 e. The van der Waals surface area contributed by atoms with Gasteiger partial charge in [0, 0.05) is 63.7 Å². The van der Waals surface area contributed by atoms with Gasteiger partial charge in [-0.1, -0.05) is 19.9 Å². The number of likely N-dealkylation sites (N-methyl/N-ethyl adjacent to an activating group) is 1. The number of hydrogen-bond donors (Lipinski definition) is 1. The molecule has 11 nitrogen and oxygen atoms in total. The van der Waals surface area contributed by atoms with Crippen LogP contribution in [0.2, 0.25) is 0 Å². The van der Waals surface area contributed by atoms with Gasteiger partial charge in [-0.25, -0.2) is 14.2 Å². The van der Waals surface area contributed by atoms with Crippen molar-refractivity contribution in [2.24, 2.45) is 5.92 Å². The molecule has 3 aromatic rings. The Morgan fingerprint density at radius 1 is 1.12 bits per heavy atom. The maximum atomic E-state index is 13.9. The number of amides is 3. The van der Waals surface area contributed by atoms with Gasteiger partial charge in [0.1, 0.15) is 5.82 Å². The number of aromatic nitrogens is 3. The van der Waals surface area contributed by atoms with E-state index in [1.807, 2.05) is 6.07 Å². The molecule has 1 unspecified atom stereocenters. The molecule has 0 bridgehead atoms. The predicted octanol–water partition coefficient (Wildman–Crippen LogP) is 3.47. The minimum atomic E-state index is -1.23. The molecular formula is C29H37FN6O5. The van der Waals surface area contributed by atoms with Crippen LogP contribution in [0.3, 0.4) is 0 Å². The highest BCUT2D eigenvalue weighted by Crippen LogP contribution is 2.23. The lowest BCUT2D eigenvalue weighted by atomic mass is 10.1. The predicted molar refractivity (Wildman–Crippen MR) is 154 cm³/mol. The van der Waals surface area contributed by atoms with Crippen LogP contribution >= 0.6 is 0 Å². The second-order valence-corrected chi connectivity index (χ2v) is 10.5. The number of nitrogens with zero attached hydrogens (tertiary/aromatic N) is 5. The number of carbonyl (C=O) groups is 3. The van der Waals surface area contributed by atoms with Gasteiger partial charge in [-0.15, -0.1) is 0 Å². The molecule has 2 aromatic heterocycles. The van der Waals surface area contributed by atoms with Crippen LogP contribution in [0.15, 0.2) is 53.6 Å². The normalized spacial score (nSPS) is 12.1. The van der Waals surface area contributed by atoms with Gasteiger partial charge in [-0.3, -0.25) is 14.4 Å². The molecular weight excluding hydrogens is 531 g/mol. The molecule has 41 heavy (non-hydrogen) atoms. The van der Waals surface area contributed by atoms with Crippen molar-refractivity contribution in [1.29, 1.82) is 0 Å². The lowest BCUT2D eigenvalue weighted by molar-refractivity contribution is -0.125. The first-order valence-corrected chi connectivity index (χ1v) is 13.3. The Kier molecular flexibility index (Phi) is 10.4. The first kappa shape index (κ1) is 31.1. The van der Waals surface area contributed by atoms with Crippen LogP contribution in [0.4, 0.5) is 15.0 Å². The van der Waals surface area contributed by atoms with E-state index < -0.39 is 23.7 Å². The van der Waals surface area contributed by atoms with Crippen molar-refractivity contribution in [2.45, 2.75) is 45.9 Å². The molecule has 0 spiro atoms. The van der Waals surface area contributed by atoms with E-state index in [-0.39, 0.29) is 36.9 Å². The summed E-state index contributed by atoms with van der Waals surface area (Å²) in [7, 11) is 6.20. The molecule has 0 aliphatic carbocycles. The van der Waals surface area contributed by atoms with Gasteiger partial charge in [-0.2, -0.15) is 0 Å². The van der Waals surface area contributed by atoms with Gasteiger partial charge < -0.3 is 29.0 Å². The van der Waals surface area contributed by atoms with Gasteiger partial charge in [0.05, 0.1) is 6.54 Å². The van der Waals surface area contributed by atoms with Gasteiger partial charge >= 0.3 is 6.09 Å². The number of hydrogen-bond acceptors (Lipinski definition) is 6. The van der Waals surface area contributed by atoms with Crippen molar-refractivity contribution in [1.82, 2.24) is 23.9 Å². The van der Waals surface area contributed by atoms with E-state index in [9.17, 15) is 23.6 Å². The lowest BCUT2D eigenvalue weighted by Gasteiger charge is -2.19. The molecule has 220 valence electrons. The smallest absolute Gasteiger partial charge is 0.410 e. The summed E-state index contributed by atoms with van der Waals surface area (Å²) in [4.78, 5) is 57.0. The Bertz CT molecular complexity index is 1490. The average molecular weight is 569 g/mol. The van der Waals surface area contributed by atoms with Crippen LogP contribution in [0, 0.1) is 11.7 Å². The summed E-state index contributed by atoms with van der Waals surface area (Å²) in [5.74, 6) is -1.21. The number of halogens is 1. The zero-order chi connectivity index (χ0) is 30.3. The summed E-state index contributed by atoms with van der Waals surface area (Å²) in [5, 5.41) is 3.22. The highest BCUT2D eigenvalue weighted by atomic mass is 19.1. The van der Waals surface area contributed by atoms with Gasteiger partial charge in [0.15, 0.2) is 11.9 Å². The zero-order valence-electron chi connectivity index (χ0n) is 24.3. The fourth-order valence-corrected chi connectivity index (χ4v) is 4.09. The zero-order valence-corrected chi connectivity index (χ0v) is 24.3. The highest BCUT2D eigenvalue weighted by molar-refractivity contribution is 5.94. The molecule has 0 radical (unpaired) electrons. The third-order valence-corrected chi connectivity index (χ3v) is 6.18. The molecule has 0 aliphatic rings. The second kappa shape index (κ2) is 13.7. The number of allylic oxidation sites excluding steroid dienone is 1. The quantitative estimate of drug-likeness (QED) is 0.354. The Morgan fingerprint density at radius 3 is 2.51 bits per heavy atom.